The molecule has 0 radical (unpaired) electrons. The maximum atomic E-state index is 7.20. The lowest BCUT2D eigenvalue weighted by Crippen LogP contribution is -2.28. The molecule has 69 heavy (non-hydrogen) atoms. The van der Waals surface area contributed by atoms with E-state index < -0.39 is 5.41 Å². The summed E-state index contributed by atoms with van der Waals surface area (Å²) in [5, 5.41) is 4.32. The topological polar surface area (TPSA) is 28.9 Å². The average molecular weight is 883 g/mol. The zero-order valence-electron chi connectivity index (χ0n) is 37.5. The number of rotatable bonds is 8. The number of para-hydroxylation sites is 4. The van der Waals surface area contributed by atoms with Crippen molar-refractivity contribution in [1.29, 1.82) is 0 Å². The largest absolute Gasteiger partial charge is 0.456 e. The van der Waals surface area contributed by atoms with Crippen LogP contribution in [-0.2, 0) is 5.41 Å². The van der Waals surface area contributed by atoms with E-state index in [0.717, 1.165) is 89.5 Å². The molecule has 0 saturated carbocycles. The molecule has 0 N–H and O–H groups in total. The Kier molecular flexibility index (Phi) is 8.77. The first-order chi connectivity index (χ1) is 34.2. The third-order valence-corrected chi connectivity index (χ3v) is 14.3. The van der Waals surface area contributed by atoms with Crippen LogP contribution in [0.15, 0.2) is 259 Å². The number of hydrogen-bond acceptors (Lipinski definition) is 4. The van der Waals surface area contributed by atoms with E-state index >= 15 is 0 Å². The van der Waals surface area contributed by atoms with Gasteiger partial charge in [0.1, 0.15) is 17.1 Å². The van der Waals surface area contributed by atoms with E-state index in [9.17, 15) is 0 Å². The van der Waals surface area contributed by atoms with Crippen LogP contribution in [0.3, 0.4) is 0 Å². The van der Waals surface area contributed by atoms with E-state index in [-0.39, 0.29) is 0 Å². The van der Waals surface area contributed by atoms with Crippen molar-refractivity contribution in [2.24, 2.45) is 0 Å². The third-order valence-electron chi connectivity index (χ3n) is 14.3. The number of hydrogen-bond donors (Lipinski definition) is 0. The van der Waals surface area contributed by atoms with Crippen LogP contribution in [0.4, 0.5) is 34.1 Å². The Labute approximate surface area is 400 Å². The maximum Gasteiger partial charge on any atom is 0.159 e. The van der Waals surface area contributed by atoms with Crippen LogP contribution in [0.2, 0.25) is 0 Å². The molecule has 0 spiro atoms. The predicted octanol–water partition coefficient (Wildman–Crippen LogP) is 17.8. The molecule has 11 aromatic carbocycles. The fraction of sp³-hybridized carbons (Fsp3) is 0.0154. The fourth-order valence-electron chi connectivity index (χ4n) is 11.4. The summed E-state index contributed by atoms with van der Waals surface area (Å²) in [7, 11) is 0. The lowest BCUT2D eigenvalue weighted by molar-refractivity contribution is 0.487. The van der Waals surface area contributed by atoms with Crippen molar-refractivity contribution in [3.8, 4) is 33.8 Å². The van der Waals surface area contributed by atoms with Gasteiger partial charge in [-0.05, 0) is 111 Å². The standard InChI is InChI=1S/C65H42N2O2/c1-5-20-44(21-6-1)65(45-22-7-2-8-23-45)57-32-15-13-28-51(57)52-37-35-48(40-58(52)65)67(59-33-18-31-56-53-29-14-16-34-60(53)69-64(56)59)50-39-43-19-17-30-55-54-38-36-49(41-61(54)68-62(42-50)63(43)55)66(46-24-9-3-10-25-46)47-26-11-4-12-27-47/h1-42H. The number of furan rings is 1. The summed E-state index contributed by atoms with van der Waals surface area (Å²) in [6, 6.07) is 91.5. The van der Waals surface area contributed by atoms with Gasteiger partial charge in [0.2, 0.25) is 0 Å². The van der Waals surface area contributed by atoms with Gasteiger partial charge in [-0.1, -0.05) is 176 Å². The molecular weight excluding hydrogens is 841 g/mol. The highest BCUT2D eigenvalue weighted by Gasteiger charge is 2.46. The minimum Gasteiger partial charge on any atom is -0.456 e. The molecule has 1 aliphatic heterocycles. The molecule has 0 saturated heterocycles. The molecule has 12 aromatic rings. The predicted molar refractivity (Wildman–Crippen MR) is 283 cm³/mol. The molecule has 14 rings (SSSR count). The van der Waals surface area contributed by atoms with E-state index in [1.54, 1.807) is 0 Å². The SMILES string of the molecule is c1ccc(N(c2ccccc2)c2ccc3c(c2)Oc2cc(N(c4ccc5c(c4)C(c4ccccc4)(c4ccccc4)c4ccccc4-5)c4cccc5c4oc4ccccc45)cc4cccc-3c24)cc1. The van der Waals surface area contributed by atoms with Crippen LogP contribution in [0, 0.1) is 0 Å². The van der Waals surface area contributed by atoms with Crippen molar-refractivity contribution < 1.29 is 9.15 Å². The Morgan fingerprint density at radius 1 is 0.333 bits per heavy atom. The number of ether oxygens (including phenoxy) is 1. The number of nitrogens with zero attached hydrogens (tertiary/aromatic N) is 2. The molecule has 2 heterocycles. The smallest absolute Gasteiger partial charge is 0.159 e. The summed E-state index contributed by atoms with van der Waals surface area (Å²) in [4.78, 5) is 4.65. The lowest BCUT2D eigenvalue weighted by atomic mass is 9.67. The van der Waals surface area contributed by atoms with Crippen LogP contribution < -0.4 is 14.5 Å². The summed E-state index contributed by atoms with van der Waals surface area (Å²) in [6.07, 6.45) is 0. The summed E-state index contributed by atoms with van der Waals surface area (Å²) >= 11 is 0. The van der Waals surface area contributed by atoms with Crippen molar-refractivity contribution in [2.45, 2.75) is 5.41 Å². The first kappa shape index (κ1) is 39.1. The molecule has 2 aliphatic rings. The van der Waals surface area contributed by atoms with Crippen molar-refractivity contribution in [1.82, 2.24) is 0 Å². The van der Waals surface area contributed by atoms with Gasteiger partial charge in [0.15, 0.2) is 5.58 Å². The molecule has 0 atom stereocenters. The summed E-state index contributed by atoms with van der Waals surface area (Å²) in [5.41, 5.74) is 16.7. The lowest BCUT2D eigenvalue weighted by Gasteiger charge is -2.35. The highest BCUT2D eigenvalue weighted by atomic mass is 16.5. The molecule has 0 fully saturated rings. The van der Waals surface area contributed by atoms with Crippen LogP contribution in [0.25, 0.3) is 55.0 Å². The van der Waals surface area contributed by atoms with E-state index in [2.05, 4.69) is 259 Å². The zero-order chi connectivity index (χ0) is 45.5. The molecule has 1 aromatic heterocycles. The Morgan fingerprint density at radius 3 is 1.64 bits per heavy atom. The van der Waals surface area contributed by atoms with Crippen molar-refractivity contribution in [3.05, 3.63) is 277 Å². The quantitative estimate of drug-likeness (QED) is 0.152. The Balaban J connectivity index is 0.998. The van der Waals surface area contributed by atoms with E-state index in [4.69, 9.17) is 9.15 Å². The second-order valence-electron chi connectivity index (χ2n) is 18.0. The highest BCUT2D eigenvalue weighted by Crippen LogP contribution is 2.58. The van der Waals surface area contributed by atoms with Gasteiger partial charge in [-0.15, -0.1) is 0 Å². The van der Waals surface area contributed by atoms with Crippen molar-refractivity contribution >= 4 is 66.8 Å². The van der Waals surface area contributed by atoms with Crippen LogP contribution in [0.1, 0.15) is 22.3 Å². The zero-order valence-corrected chi connectivity index (χ0v) is 37.5. The van der Waals surface area contributed by atoms with Gasteiger partial charge in [0, 0.05) is 56.6 Å². The Morgan fingerprint density at radius 2 is 0.899 bits per heavy atom. The van der Waals surface area contributed by atoms with Gasteiger partial charge in [-0.2, -0.15) is 0 Å². The first-order valence-electron chi connectivity index (χ1n) is 23.6. The minimum atomic E-state index is -0.580. The number of benzene rings is 11. The molecule has 324 valence electrons. The van der Waals surface area contributed by atoms with Gasteiger partial charge in [0.25, 0.3) is 0 Å². The Hall–Kier alpha value is -9.12. The van der Waals surface area contributed by atoms with Gasteiger partial charge in [-0.25, -0.2) is 0 Å². The van der Waals surface area contributed by atoms with Crippen LogP contribution >= 0.6 is 0 Å². The van der Waals surface area contributed by atoms with Crippen molar-refractivity contribution in [2.75, 3.05) is 9.80 Å². The number of anilines is 6. The molecule has 0 unspecified atom stereocenters. The maximum absolute atomic E-state index is 7.20. The second kappa shape index (κ2) is 15.5. The molecule has 4 heteroatoms. The van der Waals surface area contributed by atoms with Gasteiger partial charge in [0.05, 0.1) is 16.8 Å². The summed E-state index contributed by atoms with van der Waals surface area (Å²) < 4.78 is 14.1. The average Bonchev–Trinajstić information content (AvgIpc) is 3.94. The molecule has 0 amide bonds. The molecular formula is C65H42N2O2. The fourth-order valence-corrected chi connectivity index (χ4v) is 11.4. The summed E-state index contributed by atoms with van der Waals surface area (Å²) in [5.74, 6) is 1.60. The Bertz CT molecular complexity index is 3860. The summed E-state index contributed by atoms with van der Waals surface area (Å²) in [6.45, 7) is 0. The molecule has 0 bridgehead atoms. The molecule has 4 nitrogen and oxygen atoms in total. The van der Waals surface area contributed by atoms with Gasteiger partial charge in [-0.3, -0.25) is 0 Å². The van der Waals surface area contributed by atoms with Gasteiger partial charge >= 0.3 is 0 Å². The minimum absolute atomic E-state index is 0.580. The third kappa shape index (κ3) is 5.95. The van der Waals surface area contributed by atoms with E-state index in [0.29, 0.717) is 0 Å². The highest BCUT2D eigenvalue weighted by molar-refractivity contribution is 6.12. The molecule has 1 aliphatic carbocycles. The van der Waals surface area contributed by atoms with Crippen LogP contribution in [-0.4, -0.2) is 0 Å². The first-order valence-corrected chi connectivity index (χ1v) is 23.6. The van der Waals surface area contributed by atoms with E-state index in [1.165, 1.54) is 33.4 Å². The monoisotopic (exact) mass is 882 g/mol. The second-order valence-corrected chi connectivity index (χ2v) is 18.0. The van der Waals surface area contributed by atoms with Crippen molar-refractivity contribution in [3.63, 3.8) is 0 Å². The number of fused-ring (bicyclic) bond motifs is 8. The van der Waals surface area contributed by atoms with Crippen LogP contribution in [0.5, 0.6) is 11.5 Å². The normalized spacial score (nSPS) is 12.9. The van der Waals surface area contributed by atoms with Gasteiger partial charge < -0.3 is 19.0 Å². The van der Waals surface area contributed by atoms with E-state index in [1.807, 2.05) is 6.07 Å².